The zero-order valence-corrected chi connectivity index (χ0v) is 13.0. The molecule has 0 saturated carbocycles. The van der Waals surface area contributed by atoms with Crippen molar-refractivity contribution in [2.24, 2.45) is 0 Å². The summed E-state index contributed by atoms with van der Waals surface area (Å²) in [7, 11) is 1.51. The summed E-state index contributed by atoms with van der Waals surface area (Å²) >= 11 is 6.16. The van der Waals surface area contributed by atoms with Crippen molar-refractivity contribution in [1.82, 2.24) is 24.8 Å². The van der Waals surface area contributed by atoms with Gasteiger partial charge < -0.3 is 14.6 Å². The fourth-order valence-corrected chi connectivity index (χ4v) is 2.17. The second kappa shape index (κ2) is 6.71. The summed E-state index contributed by atoms with van der Waals surface area (Å²) in [6, 6.07) is 0. The molecule has 114 valence electrons. The number of alkyl halides is 1. The van der Waals surface area contributed by atoms with Gasteiger partial charge in [0.15, 0.2) is 11.2 Å². The monoisotopic (exact) mass is 311 g/mol. The van der Waals surface area contributed by atoms with Crippen molar-refractivity contribution >= 4 is 28.7 Å². The molecule has 0 aliphatic rings. The number of ether oxygens (including phenoxy) is 1. The molecule has 0 radical (unpaired) electrons. The van der Waals surface area contributed by atoms with Crippen LogP contribution >= 0.6 is 11.6 Å². The van der Waals surface area contributed by atoms with E-state index in [4.69, 9.17) is 16.3 Å². The highest BCUT2D eigenvalue weighted by Gasteiger charge is 2.20. The van der Waals surface area contributed by atoms with Gasteiger partial charge in [0.05, 0.1) is 12.5 Å². The van der Waals surface area contributed by atoms with Gasteiger partial charge in [-0.1, -0.05) is 6.92 Å². The van der Waals surface area contributed by atoms with Crippen molar-refractivity contribution in [2.75, 3.05) is 13.7 Å². The van der Waals surface area contributed by atoms with Crippen LogP contribution in [0.4, 0.5) is 0 Å². The Morgan fingerprint density at radius 1 is 1.52 bits per heavy atom. The molecule has 1 amide bonds. The Morgan fingerprint density at radius 3 is 2.90 bits per heavy atom. The number of halogens is 1. The number of methoxy groups -OCH3 is 1. The highest BCUT2D eigenvalue weighted by Crippen LogP contribution is 2.27. The van der Waals surface area contributed by atoms with E-state index in [0.717, 1.165) is 6.42 Å². The summed E-state index contributed by atoms with van der Waals surface area (Å²) in [4.78, 5) is 24.6. The van der Waals surface area contributed by atoms with Crippen molar-refractivity contribution in [3.05, 3.63) is 12.2 Å². The molecule has 21 heavy (non-hydrogen) atoms. The Labute approximate surface area is 127 Å². The maximum absolute atomic E-state index is 12.0. The van der Waals surface area contributed by atoms with Crippen LogP contribution in [0, 0.1) is 0 Å². The third-order valence-electron chi connectivity index (χ3n) is 2.95. The van der Waals surface area contributed by atoms with E-state index < -0.39 is 0 Å². The molecule has 0 fully saturated rings. The zero-order chi connectivity index (χ0) is 15.4. The molecule has 8 heteroatoms. The van der Waals surface area contributed by atoms with Crippen LogP contribution in [0.3, 0.4) is 0 Å². The first kappa shape index (κ1) is 15.5. The van der Waals surface area contributed by atoms with E-state index in [1.807, 2.05) is 6.92 Å². The number of hydrogen-bond donors (Lipinski definition) is 1. The summed E-state index contributed by atoms with van der Waals surface area (Å²) in [6.45, 7) is 4.54. The molecular weight excluding hydrogens is 294 g/mol. The fraction of sp³-hybridized carbons (Fsp3) is 0.538. The van der Waals surface area contributed by atoms with Crippen LogP contribution in [-0.2, 0) is 11.3 Å². The van der Waals surface area contributed by atoms with Gasteiger partial charge in [0, 0.05) is 6.54 Å². The molecule has 0 aromatic carbocycles. The van der Waals surface area contributed by atoms with E-state index in [1.165, 1.54) is 13.4 Å². The number of nitrogens with one attached hydrogen (secondary N) is 1. The third-order valence-corrected chi connectivity index (χ3v) is 3.15. The molecule has 1 N–H and O–H groups in total. The Bertz CT molecular complexity index is 641. The first-order valence-corrected chi connectivity index (χ1v) is 7.18. The van der Waals surface area contributed by atoms with Gasteiger partial charge in [-0.2, -0.15) is 4.98 Å². The summed E-state index contributed by atoms with van der Waals surface area (Å²) < 4.78 is 6.87. The van der Waals surface area contributed by atoms with Gasteiger partial charge >= 0.3 is 0 Å². The van der Waals surface area contributed by atoms with Gasteiger partial charge in [-0.15, -0.1) is 11.6 Å². The molecule has 1 unspecified atom stereocenters. The highest BCUT2D eigenvalue weighted by molar-refractivity contribution is 6.20. The number of aromatic nitrogens is 4. The average molecular weight is 312 g/mol. The standard InChI is InChI=1S/C13H18ClN5O2/c1-4-5-15-9(20)6-19-11(8(2)14)18-10-12(19)16-7-17-13(10)21-3/h7-8H,4-6H2,1-3H3,(H,15,20). The number of fused-ring (bicyclic) bond motifs is 1. The molecule has 2 aromatic heterocycles. The lowest BCUT2D eigenvalue weighted by Gasteiger charge is -2.09. The van der Waals surface area contributed by atoms with Crippen molar-refractivity contribution in [2.45, 2.75) is 32.2 Å². The molecule has 2 rings (SSSR count). The largest absolute Gasteiger partial charge is 0.479 e. The predicted molar refractivity (Wildman–Crippen MR) is 79.4 cm³/mol. The molecule has 2 heterocycles. The number of carbonyl (C=O) groups is 1. The lowest BCUT2D eigenvalue weighted by atomic mass is 10.4. The van der Waals surface area contributed by atoms with Gasteiger partial charge in [-0.05, 0) is 13.3 Å². The fourth-order valence-electron chi connectivity index (χ4n) is 2.01. The Balaban J connectivity index is 2.44. The van der Waals surface area contributed by atoms with Crippen LogP contribution in [0.2, 0.25) is 0 Å². The topological polar surface area (TPSA) is 81.9 Å². The van der Waals surface area contributed by atoms with Crippen molar-refractivity contribution < 1.29 is 9.53 Å². The number of amides is 1. The molecule has 2 aromatic rings. The number of carbonyl (C=O) groups excluding carboxylic acids is 1. The molecule has 0 bridgehead atoms. The van der Waals surface area contributed by atoms with Crippen LogP contribution in [-0.4, -0.2) is 39.1 Å². The van der Waals surface area contributed by atoms with Crippen molar-refractivity contribution in [1.29, 1.82) is 0 Å². The quantitative estimate of drug-likeness (QED) is 0.820. The molecule has 0 aliphatic carbocycles. The van der Waals surface area contributed by atoms with E-state index in [1.54, 1.807) is 11.5 Å². The number of hydrogen-bond acceptors (Lipinski definition) is 5. The van der Waals surface area contributed by atoms with Crippen LogP contribution in [0.15, 0.2) is 6.33 Å². The molecule has 7 nitrogen and oxygen atoms in total. The maximum atomic E-state index is 12.0. The second-order valence-electron chi connectivity index (χ2n) is 4.58. The van der Waals surface area contributed by atoms with Gasteiger partial charge in [-0.3, -0.25) is 4.79 Å². The van der Waals surface area contributed by atoms with E-state index >= 15 is 0 Å². The van der Waals surface area contributed by atoms with Crippen LogP contribution in [0.5, 0.6) is 5.88 Å². The molecular formula is C13H18ClN5O2. The van der Waals surface area contributed by atoms with E-state index in [0.29, 0.717) is 29.4 Å². The first-order valence-electron chi connectivity index (χ1n) is 6.74. The first-order chi connectivity index (χ1) is 10.1. The number of rotatable bonds is 6. The van der Waals surface area contributed by atoms with E-state index in [9.17, 15) is 4.79 Å². The van der Waals surface area contributed by atoms with Crippen molar-refractivity contribution in [3.8, 4) is 5.88 Å². The minimum atomic E-state index is -0.358. The van der Waals surface area contributed by atoms with Crippen LogP contribution in [0.25, 0.3) is 11.2 Å². The average Bonchev–Trinajstić information content (AvgIpc) is 2.84. The Morgan fingerprint density at radius 2 is 2.29 bits per heavy atom. The maximum Gasteiger partial charge on any atom is 0.245 e. The van der Waals surface area contributed by atoms with Crippen molar-refractivity contribution in [3.63, 3.8) is 0 Å². The predicted octanol–water partition coefficient (Wildman–Crippen LogP) is 1.66. The van der Waals surface area contributed by atoms with Gasteiger partial charge in [0.1, 0.15) is 18.7 Å². The molecule has 0 saturated heterocycles. The van der Waals surface area contributed by atoms with Gasteiger partial charge in [0.2, 0.25) is 11.8 Å². The second-order valence-corrected chi connectivity index (χ2v) is 5.23. The molecule has 0 spiro atoms. The summed E-state index contributed by atoms with van der Waals surface area (Å²) in [5.41, 5.74) is 1.04. The summed E-state index contributed by atoms with van der Waals surface area (Å²) in [5.74, 6) is 0.829. The number of nitrogens with zero attached hydrogens (tertiary/aromatic N) is 4. The third kappa shape index (κ3) is 3.24. The highest BCUT2D eigenvalue weighted by atomic mass is 35.5. The Kier molecular flexibility index (Phi) is 4.95. The minimum Gasteiger partial charge on any atom is -0.479 e. The minimum absolute atomic E-state index is 0.104. The smallest absolute Gasteiger partial charge is 0.245 e. The van der Waals surface area contributed by atoms with Crippen LogP contribution < -0.4 is 10.1 Å². The summed E-state index contributed by atoms with van der Waals surface area (Å²) in [5, 5.41) is 2.47. The lowest BCUT2D eigenvalue weighted by molar-refractivity contribution is -0.121. The lowest BCUT2D eigenvalue weighted by Crippen LogP contribution is -2.28. The van der Waals surface area contributed by atoms with Crippen LogP contribution in [0.1, 0.15) is 31.5 Å². The zero-order valence-electron chi connectivity index (χ0n) is 12.3. The molecule has 0 aliphatic heterocycles. The summed E-state index contributed by atoms with van der Waals surface area (Å²) in [6.07, 6.45) is 2.26. The number of imidazole rings is 1. The van der Waals surface area contributed by atoms with E-state index in [2.05, 4.69) is 20.3 Å². The van der Waals surface area contributed by atoms with E-state index in [-0.39, 0.29) is 17.8 Å². The molecule has 1 atom stereocenters. The van der Waals surface area contributed by atoms with Gasteiger partial charge in [-0.25, -0.2) is 9.97 Å². The van der Waals surface area contributed by atoms with Gasteiger partial charge in [0.25, 0.3) is 0 Å². The Hall–Kier alpha value is -1.89. The normalized spacial score (nSPS) is 12.4. The SMILES string of the molecule is CCCNC(=O)Cn1c(C(C)Cl)nc2c(OC)ncnc21.